The molecule has 3 aromatic carbocycles. The number of hydrogen-bond donors (Lipinski definition) is 0. The van der Waals surface area contributed by atoms with Crippen LogP contribution in [0.15, 0.2) is 54.6 Å². The van der Waals surface area contributed by atoms with E-state index >= 15 is 0 Å². The van der Waals surface area contributed by atoms with E-state index in [2.05, 4.69) is 75.2 Å². The first-order valence-electron chi connectivity index (χ1n) is 10.1. The fraction of sp³-hybridized carbons (Fsp3) is 0.360. The van der Waals surface area contributed by atoms with Gasteiger partial charge in [-0.15, -0.1) is 0 Å². The third-order valence-electron chi connectivity index (χ3n) is 5.84. The van der Waals surface area contributed by atoms with E-state index in [0.717, 1.165) is 23.7 Å². The summed E-state index contributed by atoms with van der Waals surface area (Å²) in [7, 11) is 2.17. The summed E-state index contributed by atoms with van der Waals surface area (Å²) < 4.78 is 6.37. The number of rotatable bonds is 4. The normalized spacial score (nSPS) is 17.5. The van der Waals surface area contributed by atoms with Crippen LogP contribution < -0.4 is 9.64 Å². The second-order valence-electron chi connectivity index (χ2n) is 8.39. The lowest BCUT2D eigenvalue weighted by Gasteiger charge is -2.35. The minimum absolute atomic E-state index is 0.187. The molecule has 1 heterocycles. The van der Waals surface area contributed by atoms with E-state index in [1.807, 2.05) is 12.1 Å². The van der Waals surface area contributed by atoms with Crippen molar-refractivity contribution in [1.82, 2.24) is 0 Å². The Morgan fingerprint density at radius 2 is 1.71 bits per heavy atom. The van der Waals surface area contributed by atoms with Crippen molar-refractivity contribution in [2.24, 2.45) is 0 Å². The number of ether oxygens (including phenoxy) is 1. The average Bonchev–Trinajstić information content (AvgIpc) is 2.67. The molecule has 0 aliphatic carbocycles. The molecule has 2 atom stereocenters. The quantitative estimate of drug-likeness (QED) is 0.472. The van der Waals surface area contributed by atoms with Gasteiger partial charge in [-0.2, -0.15) is 0 Å². The average molecular weight is 394 g/mol. The minimum Gasteiger partial charge on any atom is -0.486 e. The van der Waals surface area contributed by atoms with Crippen LogP contribution in [0.4, 0.5) is 5.69 Å². The fourth-order valence-corrected chi connectivity index (χ4v) is 4.29. The van der Waals surface area contributed by atoms with Crippen molar-refractivity contribution < 1.29 is 4.74 Å². The van der Waals surface area contributed by atoms with Crippen LogP contribution in [-0.2, 0) is 0 Å². The van der Waals surface area contributed by atoms with Crippen LogP contribution in [0, 0.1) is 0 Å². The summed E-state index contributed by atoms with van der Waals surface area (Å²) in [5.41, 5.74) is 3.90. The molecule has 0 aromatic heterocycles. The van der Waals surface area contributed by atoms with E-state index in [1.54, 1.807) is 0 Å². The van der Waals surface area contributed by atoms with Gasteiger partial charge in [0.25, 0.3) is 0 Å². The topological polar surface area (TPSA) is 12.5 Å². The van der Waals surface area contributed by atoms with Gasteiger partial charge in [0.1, 0.15) is 11.9 Å². The maximum atomic E-state index is 6.37. The summed E-state index contributed by atoms with van der Waals surface area (Å²) in [5.74, 6) is 1.94. The van der Waals surface area contributed by atoms with Gasteiger partial charge in [-0.25, -0.2) is 0 Å². The lowest BCUT2D eigenvalue weighted by molar-refractivity contribution is 0.178. The Bertz CT molecular complexity index is 997. The Morgan fingerprint density at radius 3 is 2.50 bits per heavy atom. The lowest BCUT2D eigenvalue weighted by Crippen LogP contribution is -2.38. The highest BCUT2D eigenvalue weighted by Crippen LogP contribution is 2.37. The molecule has 2 nitrogen and oxygen atoms in total. The first kappa shape index (κ1) is 19.1. The number of benzene rings is 3. The Hall–Kier alpha value is -2.19. The Morgan fingerprint density at radius 1 is 0.964 bits per heavy atom. The third kappa shape index (κ3) is 3.84. The van der Waals surface area contributed by atoms with Crippen LogP contribution in [-0.4, -0.2) is 19.7 Å². The van der Waals surface area contributed by atoms with Gasteiger partial charge in [-0.3, -0.25) is 0 Å². The smallest absolute Gasteiger partial charge is 0.143 e. The van der Waals surface area contributed by atoms with Gasteiger partial charge < -0.3 is 9.64 Å². The molecule has 28 heavy (non-hydrogen) atoms. The second kappa shape index (κ2) is 7.67. The number of hydrogen-bond acceptors (Lipinski definition) is 2. The number of anilines is 1. The van der Waals surface area contributed by atoms with E-state index < -0.39 is 0 Å². The van der Waals surface area contributed by atoms with E-state index in [4.69, 9.17) is 16.3 Å². The molecular formula is C25H28ClNO. The molecule has 0 saturated heterocycles. The molecule has 0 spiro atoms. The number of nitrogens with zero attached hydrogens (tertiary/aromatic N) is 1. The molecule has 0 radical (unpaired) electrons. The highest BCUT2D eigenvalue weighted by Gasteiger charge is 2.26. The largest absolute Gasteiger partial charge is 0.486 e. The molecule has 0 bridgehead atoms. The van der Waals surface area contributed by atoms with Crippen LogP contribution in [0.2, 0.25) is 5.02 Å². The van der Waals surface area contributed by atoms with Gasteiger partial charge in [0.2, 0.25) is 0 Å². The van der Waals surface area contributed by atoms with Gasteiger partial charge >= 0.3 is 0 Å². The Kier molecular flexibility index (Phi) is 5.25. The molecule has 0 fully saturated rings. The van der Waals surface area contributed by atoms with Crippen LogP contribution in [0.25, 0.3) is 10.8 Å². The summed E-state index contributed by atoms with van der Waals surface area (Å²) in [5, 5.41) is 3.21. The summed E-state index contributed by atoms with van der Waals surface area (Å²) in [6.07, 6.45) is 1.18. The SMILES string of the molecule is CC(C)c1ccc2c(c1)N(C)CC(CC(C)c1ccc3ccc(Cl)cc3c1)O2. The van der Waals surface area contributed by atoms with E-state index in [-0.39, 0.29) is 6.10 Å². The molecule has 0 amide bonds. The number of fused-ring (bicyclic) bond motifs is 2. The summed E-state index contributed by atoms with van der Waals surface area (Å²) >= 11 is 6.18. The molecule has 1 aliphatic heterocycles. The zero-order valence-corrected chi connectivity index (χ0v) is 17.8. The first-order valence-corrected chi connectivity index (χ1v) is 10.5. The zero-order valence-electron chi connectivity index (χ0n) is 17.1. The van der Waals surface area contributed by atoms with Crippen molar-refractivity contribution in [3.8, 4) is 5.75 Å². The van der Waals surface area contributed by atoms with Crippen molar-refractivity contribution in [1.29, 1.82) is 0 Å². The van der Waals surface area contributed by atoms with Crippen LogP contribution in [0.5, 0.6) is 5.75 Å². The van der Waals surface area contributed by atoms with Crippen LogP contribution >= 0.6 is 11.6 Å². The summed E-state index contributed by atoms with van der Waals surface area (Å²) in [6, 6.07) is 19.3. The molecule has 0 saturated carbocycles. The van der Waals surface area contributed by atoms with Crippen LogP contribution in [0.1, 0.15) is 50.2 Å². The second-order valence-corrected chi connectivity index (χ2v) is 8.83. The first-order chi connectivity index (χ1) is 13.4. The van der Waals surface area contributed by atoms with Gasteiger partial charge in [-0.1, -0.05) is 62.7 Å². The molecule has 146 valence electrons. The zero-order chi connectivity index (χ0) is 19.8. The molecule has 1 aliphatic rings. The Balaban J connectivity index is 1.51. The van der Waals surface area contributed by atoms with Gasteiger partial charge in [0.05, 0.1) is 12.2 Å². The van der Waals surface area contributed by atoms with Crippen molar-refractivity contribution in [2.75, 3.05) is 18.5 Å². The van der Waals surface area contributed by atoms with E-state index in [9.17, 15) is 0 Å². The standard InChI is InChI=1S/C25H28ClNO/c1-16(2)19-8-10-25-24(14-19)27(4)15-23(28-25)11-17(3)20-6-5-18-7-9-22(26)13-21(18)12-20/h5-10,12-14,16-17,23H,11,15H2,1-4H3. The third-order valence-corrected chi connectivity index (χ3v) is 6.08. The highest BCUT2D eigenvalue weighted by molar-refractivity contribution is 6.31. The molecule has 3 aromatic rings. The predicted molar refractivity (Wildman–Crippen MR) is 120 cm³/mol. The van der Waals surface area contributed by atoms with E-state index in [1.165, 1.54) is 27.6 Å². The molecule has 2 unspecified atom stereocenters. The van der Waals surface area contributed by atoms with Gasteiger partial charge in [-0.05, 0) is 64.4 Å². The summed E-state index contributed by atoms with van der Waals surface area (Å²) in [4.78, 5) is 2.34. The molecule has 4 rings (SSSR count). The predicted octanol–water partition coefficient (Wildman–Crippen LogP) is 7.01. The van der Waals surface area contributed by atoms with Crippen molar-refractivity contribution >= 4 is 28.1 Å². The summed E-state index contributed by atoms with van der Waals surface area (Å²) in [6.45, 7) is 7.66. The molecular weight excluding hydrogens is 366 g/mol. The van der Waals surface area contributed by atoms with Crippen molar-refractivity contribution in [2.45, 2.75) is 45.1 Å². The maximum Gasteiger partial charge on any atom is 0.143 e. The number of likely N-dealkylation sites (N-methyl/N-ethyl adjacent to an activating group) is 1. The van der Waals surface area contributed by atoms with Gasteiger partial charge in [0.15, 0.2) is 0 Å². The lowest BCUT2D eigenvalue weighted by atomic mass is 9.92. The molecule has 0 N–H and O–H groups in total. The van der Waals surface area contributed by atoms with E-state index in [0.29, 0.717) is 11.8 Å². The fourth-order valence-electron chi connectivity index (χ4n) is 4.11. The maximum absolute atomic E-state index is 6.37. The van der Waals surface area contributed by atoms with Crippen molar-refractivity contribution in [3.05, 3.63) is 70.7 Å². The minimum atomic E-state index is 0.187. The van der Waals surface area contributed by atoms with Crippen LogP contribution in [0.3, 0.4) is 0 Å². The highest BCUT2D eigenvalue weighted by atomic mass is 35.5. The monoisotopic (exact) mass is 393 g/mol. The Labute approximate surface area is 173 Å². The molecule has 3 heteroatoms. The van der Waals surface area contributed by atoms with Gasteiger partial charge in [0, 0.05) is 12.1 Å². The number of halogens is 1. The van der Waals surface area contributed by atoms with Crippen molar-refractivity contribution in [3.63, 3.8) is 0 Å².